The third-order valence-electron chi connectivity index (χ3n) is 9.12. The Morgan fingerprint density at radius 1 is 0.435 bits per heavy atom. The SMILES string of the molecule is CCCCCCCCCCCCCCCC[n+]1ccccc1.CCCCCCCCCCCC[N+](C)(C)Cc1ccccc1.[Cl-].[Cl-]. The summed E-state index contributed by atoms with van der Waals surface area (Å²) in [5.74, 6) is 0. The van der Waals surface area contributed by atoms with Gasteiger partial charge in [-0.2, -0.15) is 0 Å². The molecule has 0 saturated carbocycles. The van der Waals surface area contributed by atoms with E-state index < -0.39 is 0 Å². The fourth-order valence-corrected chi connectivity index (χ4v) is 6.26. The fourth-order valence-electron chi connectivity index (χ4n) is 6.26. The van der Waals surface area contributed by atoms with Gasteiger partial charge in [0.05, 0.1) is 20.6 Å². The van der Waals surface area contributed by atoms with E-state index in [-0.39, 0.29) is 24.8 Å². The van der Waals surface area contributed by atoms with Crippen LogP contribution in [0.25, 0.3) is 0 Å². The smallest absolute Gasteiger partial charge is 0.168 e. The van der Waals surface area contributed by atoms with Gasteiger partial charge in [0.1, 0.15) is 13.1 Å². The van der Waals surface area contributed by atoms with Gasteiger partial charge in [-0.15, -0.1) is 0 Å². The largest absolute Gasteiger partial charge is 1.00 e. The number of pyridine rings is 1. The van der Waals surface area contributed by atoms with Crippen LogP contribution in [0.5, 0.6) is 0 Å². The third-order valence-corrected chi connectivity index (χ3v) is 9.12. The first kappa shape index (κ1) is 47.0. The Balaban J connectivity index is 0. The van der Waals surface area contributed by atoms with Crippen LogP contribution in [0.15, 0.2) is 60.9 Å². The molecule has 1 aromatic heterocycles. The number of halogens is 2. The lowest BCUT2D eigenvalue weighted by molar-refractivity contribution is -0.903. The number of hydrogen-bond donors (Lipinski definition) is 0. The number of hydrogen-bond acceptors (Lipinski definition) is 0. The molecule has 2 rings (SSSR count). The Labute approximate surface area is 301 Å². The number of aryl methyl sites for hydroxylation is 1. The summed E-state index contributed by atoms with van der Waals surface area (Å²) in [6, 6.07) is 17.2. The van der Waals surface area contributed by atoms with E-state index in [1.165, 1.54) is 173 Å². The Kier molecular flexibility index (Phi) is 36.0. The Morgan fingerprint density at radius 3 is 1.20 bits per heavy atom. The van der Waals surface area contributed by atoms with Crippen LogP contribution < -0.4 is 29.4 Å². The van der Waals surface area contributed by atoms with Crippen LogP contribution in [-0.4, -0.2) is 25.1 Å². The summed E-state index contributed by atoms with van der Waals surface area (Å²) in [4.78, 5) is 0. The number of quaternary nitrogens is 1. The summed E-state index contributed by atoms with van der Waals surface area (Å²) in [6.45, 7) is 8.21. The van der Waals surface area contributed by atoms with E-state index in [0.29, 0.717) is 0 Å². The average molecular weight is 680 g/mol. The van der Waals surface area contributed by atoms with Crippen LogP contribution in [0.2, 0.25) is 0 Å². The number of rotatable bonds is 28. The highest BCUT2D eigenvalue weighted by Crippen LogP contribution is 2.15. The summed E-state index contributed by atoms with van der Waals surface area (Å²) >= 11 is 0. The lowest BCUT2D eigenvalue weighted by Crippen LogP contribution is -3.00. The first-order valence-corrected chi connectivity index (χ1v) is 19.4. The third kappa shape index (κ3) is 31.5. The number of aromatic nitrogens is 1. The molecule has 2 nitrogen and oxygen atoms in total. The molecule has 0 aliphatic carbocycles. The molecule has 0 unspecified atom stereocenters. The fraction of sp³-hybridized carbons (Fsp3) is 0.738. The van der Waals surface area contributed by atoms with E-state index in [9.17, 15) is 0 Å². The predicted octanol–water partition coefficient (Wildman–Crippen LogP) is 6.65. The van der Waals surface area contributed by atoms with Gasteiger partial charge in [-0.05, 0) is 19.3 Å². The quantitative estimate of drug-likeness (QED) is 0.0539. The van der Waals surface area contributed by atoms with Gasteiger partial charge in [-0.3, -0.25) is 0 Å². The molecule has 0 aliphatic rings. The maximum Gasteiger partial charge on any atom is 0.168 e. The molecule has 0 bridgehead atoms. The van der Waals surface area contributed by atoms with Gasteiger partial charge in [-0.25, -0.2) is 4.57 Å². The topological polar surface area (TPSA) is 3.88 Å². The zero-order valence-electron chi connectivity index (χ0n) is 31.0. The van der Waals surface area contributed by atoms with Crippen molar-refractivity contribution in [2.75, 3.05) is 20.6 Å². The molecule has 0 fully saturated rings. The van der Waals surface area contributed by atoms with Crippen molar-refractivity contribution in [3.8, 4) is 0 Å². The molecule has 1 aromatic carbocycles. The maximum absolute atomic E-state index is 2.36. The minimum atomic E-state index is 0. The predicted molar refractivity (Wildman–Crippen MR) is 196 cm³/mol. The zero-order chi connectivity index (χ0) is 31.8. The first-order chi connectivity index (χ1) is 21.6. The number of unbranched alkanes of at least 4 members (excludes halogenated alkanes) is 22. The molecule has 1 heterocycles. The lowest BCUT2D eigenvalue weighted by atomic mass is 10.0. The summed E-state index contributed by atoms with van der Waals surface area (Å²) in [6.07, 6.45) is 38.7. The molecular weight excluding hydrogens is 603 g/mol. The van der Waals surface area contributed by atoms with Crippen molar-refractivity contribution in [3.05, 3.63) is 66.5 Å². The van der Waals surface area contributed by atoms with Crippen LogP contribution in [0.4, 0.5) is 0 Å². The van der Waals surface area contributed by atoms with E-state index >= 15 is 0 Å². The van der Waals surface area contributed by atoms with Crippen molar-refractivity contribution >= 4 is 0 Å². The number of nitrogens with zero attached hydrogens (tertiary/aromatic N) is 2. The second-order valence-electron chi connectivity index (χ2n) is 14.2. The molecule has 0 saturated heterocycles. The van der Waals surface area contributed by atoms with Gasteiger partial charge in [0.25, 0.3) is 0 Å². The minimum Gasteiger partial charge on any atom is -1.00 e. The normalized spacial score (nSPS) is 10.9. The standard InChI is InChI=1S/2C21H38N.2ClH/c1-4-5-6-7-8-9-10-11-12-16-19-22(2,3)20-21-17-14-13-15-18-21;1-2-3-4-5-6-7-8-9-10-11-12-13-14-16-19-22-20-17-15-18-21-22;;/h13-15,17-18H,4-12,16,19-20H2,1-3H3;15,17-18,20-21H,2-14,16,19H2,1H3;2*1H/q2*+1;;/p-2. The van der Waals surface area contributed by atoms with E-state index in [2.05, 4.69) is 93.4 Å². The molecule has 268 valence electrons. The van der Waals surface area contributed by atoms with Crippen molar-refractivity contribution in [1.29, 1.82) is 0 Å². The monoisotopic (exact) mass is 679 g/mol. The van der Waals surface area contributed by atoms with Gasteiger partial charge in [0.15, 0.2) is 12.4 Å². The van der Waals surface area contributed by atoms with Gasteiger partial charge in [-0.1, -0.05) is 179 Å². The van der Waals surface area contributed by atoms with Gasteiger partial charge < -0.3 is 29.3 Å². The van der Waals surface area contributed by atoms with Gasteiger partial charge in [0, 0.05) is 24.1 Å². The molecule has 0 N–H and O–H groups in total. The van der Waals surface area contributed by atoms with E-state index in [4.69, 9.17) is 0 Å². The first-order valence-electron chi connectivity index (χ1n) is 19.4. The molecule has 0 spiro atoms. The van der Waals surface area contributed by atoms with Crippen molar-refractivity contribution < 1.29 is 33.9 Å². The summed E-state index contributed by atoms with van der Waals surface area (Å²) < 4.78 is 3.40. The number of benzene rings is 1. The van der Waals surface area contributed by atoms with Crippen molar-refractivity contribution in [2.45, 2.75) is 181 Å². The Bertz CT molecular complexity index is 828. The minimum absolute atomic E-state index is 0. The Hall–Kier alpha value is -1.09. The zero-order valence-corrected chi connectivity index (χ0v) is 32.5. The molecule has 0 aliphatic heterocycles. The van der Waals surface area contributed by atoms with E-state index in [1.807, 2.05) is 0 Å². The molecule has 0 amide bonds. The van der Waals surface area contributed by atoms with E-state index in [0.717, 1.165) is 11.0 Å². The van der Waals surface area contributed by atoms with Crippen LogP contribution in [0, 0.1) is 0 Å². The second-order valence-corrected chi connectivity index (χ2v) is 14.2. The molecule has 0 radical (unpaired) electrons. The van der Waals surface area contributed by atoms with Crippen molar-refractivity contribution in [2.24, 2.45) is 0 Å². The van der Waals surface area contributed by atoms with Crippen LogP contribution in [0.3, 0.4) is 0 Å². The molecule has 46 heavy (non-hydrogen) atoms. The molecule has 0 atom stereocenters. The van der Waals surface area contributed by atoms with Crippen molar-refractivity contribution in [1.82, 2.24) is 0 Å². The van der Waals surface area contributed by atoms with Crippen LogP contribution in [-0.2, 0) is 13.1 Å². The van der Waals surface area contributed by atoms with Crippen molar-refractivity contribution in [3.63, 3.8) is 0 Å². The van der Waals surface area contributed by atoms with Gasteiger partial charge in [0.2, 0.25) is 0 Å². The van der Waals surface area contributed by atoms with E-state index in [1.54, 1.807) is 0 Å². The van der Waals surface area contributed by atoms with Gasteiger partial charge >= 0.3 is 0 Å². The van der Waals surface area contributed by atoms with Crippen LogP contribution in [0.1, 0.15) is 174 Å². The molecular formula is C42H76Cl2N2. The summed E-state index contributed by atoms with van der Waals surface area (Å²) in [5, 5.41) is 0. The molecule has 4 heteroatoms. The highest BCUT2D eigenvalue weighted by atomic mass is 35.5. The van der Waals surface area contributed by atoms with Crippen LogP contribution >= 0.6 is 0 Å². The second kappa shape index (κ2) is 35.2. The lowest BCUT2D eigenvalue weighted by Gasteiger charge is -2.30. The molecule has 2 aromatic rings. The highest BCUT2D eigenvalue weighted by Gasteiger charge is 2.14. The summed E-state index contributed by atoms with van der Waals surface area (Å²) in [7, 11) is 4.72. The maximum atomic E-state index is 2.36. The highest BCUT2D eigenvalue weighted by molar-refractivity contribution is 5.13. The Morgan fingerprint density at radius 2 is 0.783 bits per heavy atom. The average Bonchev–Trinajstić information content (AvgIpc) is 3.03. The summed E-state index contributed by atoms with van der Waals surface area (Å²) in [5.41, 5.74) is 1.46.